The van der Waals surface area contributed by atoms with Crippen LogP contribution in [0.25, 0.3) is 0 Å². The van der Waals surface area contributed by atoms with E-state index >= 15 is 0 Å². The van der Waals surface area contributed by atoms with E-state index in [1.807, 2.05) is 19.0 Å². The lowest BCUT2D eigenvalue weighted by molar-refractivity contribution is -0.125. The maximum absolute atomic E-state index is 11.7. The molecular weight excluding hydrogens is 232 g/mol. The van der Waals surface area contributed by atoms with Gasteiger partial charge in [0.1, 0.15) is 0 Å². The van der Waals surface area contributed by atoms with E-state index in [2.05, 4.69) is 24.5 Å². The molecule has 0 saturated carbocycles. The van der Waals surface area contributed by atoms with Crippen LogP contribution in [-0.2, 0) is 9.59 Å². The van der Waals surface area contributed by atoms with Crippen LogP contribution in [0.3, 0.4) is 0 Å². The van der Waals surface area contributed by atoms with E-state index in [9.17, 15) is 9.59 Å². The second kappa shape index (κ2) is 8.88. The minimum absolute atomic E-state index is 0.0158. The molecule has 4 N–H and O–H groups in total. The zero-order chi connectivity index (χ0) is 14.1. The molecule has 0 saturated heterocycles. The molecule has 1 atom stereocenters. The molecule has 0 spiro atoms. The third-order valence-corrected chi connectivity index (χ3v) is 2.34. The topological polar surface area (TPSA) is 87.5 Å². The predicted octanol–water partition coefficient (Wildman–Crippen LogP) is -0.846. The molecule has 0 heterocycles. The van der Waals surface area contributed by atoms with E-state index < -0.39 is 0 Å². The number of rotatable bonds is 8. The van der Waals surface area contributed by atoms with Gasteiger partial charge in [-0.25, -0.2) is 0 Å². The summed E-state index contributed by atoms with van der Waals surface area (Å²) >= 11 is 0. The predicted molar refractivity (Wildman–Crippen MR) is 72.0 cm³/mol. The van der Waals surface area contributed by atoms with Crippen LogP contribution in [0.4, 0.5) is 0 Å². The second-order valence-electron chi connectivity index (χ2n) is 5.14. The Labute approximate surface area is 109 Å². The van der Waals surface area contributed by atoms with Crippen molar-refractivity contribution in [2.45, 2.75) is 26.3 Å². The lowest BCUT2D eigenvalue weighted by atomic mass is 10.0. The number of likely N-dealkylation sites (N-methyl/N-ethyl adjacent to an activating group) is 1. The number of hydrogen-bond acceptors (Lipinski definition) is 4. The molecule has 2 amide bonds. The van der Waals surface area contributed by atoms with Crippen LogP contribution in [0.2, 0.25) is 0 Å². The van der Waals surface area contributed by atoms with Crippen LogP contribution in [0.1, 0.15) is 20.3 Å². The Morgan fingerprint density at radius 1 is 1.22 bits per heavy atom. The van der Waals surface area contributed by atoms with Gasteiger partial charge in [0.05, 0.1) is 13.1 Å². The first-order chi connectivity index (χ1) is 8.35. The Morgan fingerprint density at radius 3 is 2.28 bits per heavy atom. The molecule has 0 aromatic rings. The second-order valence-corrected chi connectivity index (χ2v) is 5.14. The number of carbonyl (C=O) groups excluding carboxylic acids is 2. The van der Waals surface area contributed by atoms with E-state index in [0.717, 1.165) is 13.0 Å². The van der Waals surface area contributed by atoms with Crippen molar-refractivity contribution in [3.8, 4) is 0 Å². The van der Waals surface area contributed by atoms with Crippen LogP contribution in [0.5, 0.6) is 0 Å². The number of nitrogens with zero attached hydrogens (tertiary/aromatic N) is 1. The van der Waals surface area contributed by atoms with Gasteiger partial charge >= 0.3 is 0 Å². The highest BCUT2D eigenvalue weighted by molar-refractivity contribution is 5.85. The summed E-state index contributed by atoms with van der Waals surface area (Å²) in [5.74, 6) is 0.0105. The lowest BCUT2D eigenvalue weighted by Gasteiger charge is -2.24. The van der Waals surface area contributed by atoms with Crippen LogP contribution in [-0.4, -0.2) is 56.5 Å². The van der Waals surface area contributed by atoms with Gasteiger partial charge in [0.2, 0.25) is 11.8 Å². The number of carbonyl (C=O) groups is 2. The highest BCUT2D eigenvalue weighted by atomic mass is 16.2. The Bertz CT molecular complexity index is 257. The van der Waals surface area contributed by atoms with Crippen molar-refractivity contribution >= 4 is 11.8 Å². The third kappa shape index (κ3) is 8.95. The maximum atomic E-state index is 11.7. The minimum Gasteiger partial charge on any atom is -0.351 e. The van der Waals surface area contributed by atoms with Gasteiger partial charge in [0.25, 0.3) is 0 Å². The fourth-order valence-corrected chi connectivity index (χ4v) is 1.72. The van der Waals surface area contributed by atoms with E-state index in [4.69, 9.17) is 5.73 Å². The number of nitrogens with two attached hydrogens (primary N) is 1. The molecule has 0 aliphatic heterocycles. The van der Waals surface area contributed by atoms with E-state index in [1.165, 1.54) is 0 Å². The SMILES string of the molecule is CC(C)CC(CN(C)C)NC(=O)CNC(=O)CN. The number of hydrogen-bond donors (Lipinski definition) is 3. The van der Waals surface area contributed by atoms with Crippen LogP contribution in [0, 0.1) is 5.92 Å². The lowest BCUT2D eigenvalue weighted by Crippen LogP contribution is -2.47. The van der Waals surface area contributed by atoms with Crippen molar-refractivity contribution in [2.75, 3.05) is 33.7 Å². The summed E-state index contributed by atoms with van der Waals surface area (Å²) in [5, 5.41) is 5.38. The van der Waals surface area contributed by atoms with Crippen molar-refractivity contribution in [3.63, 3.8) is 0 Å². The Balaban J connectivity index is 4.13. The van der Waals surface area contributed by atoms with Gasteiger partial charge in [-0.3, -0.25) is 9.59 Å². The quantitative estimate of drug-likeness (QED) is 0.529. The Hall–Kier alpha value is -1.14. The summed E-state index contributed by atoms with van der Waals surface area (Å²) in [6.07, 6.45) is 0.911. The van der Waals surface area contributed by atoms with Gasteiger partial charge in [-0.1, -0.05) is 13.8 Å². The van der Waals surface area contributed by atoms with Gasteiger partial charge in [0.15, 0.2) is 0 Å². The molecule has 0 aliphatic rings. The van der Waals surface area contributed by atoms with Gasteiger partial charge < -0.3 is 21.3 Å². The minimum atomic E-state index is -0.321. The molecule has 0 fully saturated rings. The zero-order valence-electron chi connectivity index (χ0n) is 11.8. The van der Waals surface area contributed by atoms with Crippen LogP contribution >= 0.6 is 0 Å². The maximum Gasteiger partial charge on any atom is 0.239 e. The fraction of sp³-hybridized carbons (Fsp3) is 0.833. The summed E-state index contributed by atoms with van der Waals surface area (Å²) in [6.45, 7) is 4.91. The summed E-state index contributed by atoms with van der Waals surface area (Å²) < 4.78 is 0. The van der Waals surface area contributed by atoms with Gasteiger partial charge in [-0.15, -0.1) is 0 Å². The average Bonchev–Trinajstić information content (AvgIpc) is 2.23. The molecule has 18 heavy (non-hydrogen) atoms. The van der Waals surface area contributed by atoms with Gasteiger partial charge in [-0.2, -0.15) is 0 Å². The third-order valence-electron chi connectivity index (χ3n) is 2.34. The first kappa shape index (κ1) is 16.9. The molecule has 1 unspecified atom stereocenters. The fourth-order valence-electron chi connectivity index (χ4n) is 1.72. The van der Waals surface area contributed by atoms with Crippen molar-refractivity contribution in [1.29, 1.82) is 0 Å². The molecule has 0 rings (SSSR count). The Morgan fingerprint density at radius 2 is 1.83 bits per heavy atom. The molecule has 0 radical (unpaired) electrons. The first-order valence-corrected chi connectivity index (χ1v) is 6.26. The van der Waals surface area contributed by atoms with E-state index in [1.54, 1.807) is 0 Å². The molecule has 0 aromatic heterocycles. The summed E-state index contributed by atoms with van der Waals surface area (Å²) in [4.78, 5) is 24.6. The van der Waals surface area contributed by atoms with E-state index in [0.29, 0.717) is 5.92 Å². The van der Waals surface area contributed by atoms with Gasteiger partial charge in [0, 0.05) is 12.6 Å². The highest BCUT2D eigenvalue weighted by Gasteiger charge is 2.15. The monoisotopic (exact) mass is 258 g/mol. The average molecular weight is 258 g/mol. The first-order valence-electron chi connectivity index (χ1n) is 6.26. The molecule has 0 aliphatic carbocycles. The van der Waals surface area contributed by atoms with E-state index in [-0.39, 0.29) is 30.9 Å². The summed E-state index contributed by atoms with van der Waals surface area (Å²) in [5.41, 5.74) is 5.14. The van der Waals surface area contributed by atoms with Gasteiger partial charge in [-0.05, 0) is 26.4 Å². The molecule has 6 heteroatoms. The van der Waals surface area contributed by atoms with Crippen LogP contribution in [0.15, 0.2) is 0 Å². The highest BCUT2D eigenvalue weighted by Crippen LogP contribution is 2.05. The molecule has 6 nitrogen and oxygen atoms in total. The molecule has 0 aromatic carbocycles. The summed E-state index contributed by atoms with van der Waals surface area (Å²) in [7, 11) is 3.94. The molecule has 106 valence electrons. The molecular formula is C12H26N4O2. The smallest absolute Gasteiger partial charge is 0.239 e. The van der Waals surface area contributed by atoms with Crippen molar-refractivity contribution in [3.05, 3.63) is 0 Å². The largest absolute Gasteiger partial charge is 0.351 e. The number of amides is 2. The standard InChI is InChI=1S/C12H26N4O2/c1-9(2)5-10(8-16(3)4)15-12(18)7-14-11(17)6-13/h9-10H,5-8,13H2,1-4H3,(H,14,17)(H,15,18). The van der Waals surface area contributed by atoms with Crippen molar-refractivity contribution in [1.82, 2.24) is 15.5 Å². The summed E-state index contributed by atoms with van der Waals surface area (Å²) in [6, 6.07) is 0.0993. The van der Waals surface area contributed by atoms with Crippen LogP contribution < -0.4 is 16.4 Å². The van der Waals surface area contributed by atoms with Crippen molar-refractivity contribution in [2.24, 2.45) is 11.7 Å². The molecule has 0 bridgehead atoms. The zero-order valence-corrected chi connectivity index (χ0v) is 11.8. The van der Waals surface area contributed by atoms with Crippen molar-refractivity contribution < 1.29 is 9.59 Å². The normalized spacial score (nSPS) is 12.6. The Kier molecular flexibility index (Phi) is 8.32. The number of nitrogens with one attached hydrogen (secondary N) is 2.